The van der Waals surface area contributed by atoms with Crippen molar-refractivity contribution in [2.45, 2.75) is 0 Å². The highest BCUT2D eigenvalue weighted by Crippen LogP contribution is 2.29. The number of nitro benzene ring substituents is 1. The van der Waals surface area contributed by atoms with E-state index in [2.05, 4.69) is 9.97 Å². The normalized spacial score (nSPS) is 10.3. The molecule has 18 heavy (non-hydrogen) atoms. The molecule has 0 fully saturated rings. The number of halogens is 2. The molecule has 0 amide bonds. The molecule has 1 heterocycles. The van der Waals surface area contributed by atoms with Crippen LogP contribution in [0.2, 0.25) is 10.4 Å². The van der Waals surface area contributed by atoms with Crippen LogP contribution in [-0.4, -0.2) is 14.9 Å². The van der Waals surface area contributed by atoms with Crippen LogP contribution < -0.4 is 5.73 Å². The van der Waals surface area contributed by atoms with E-state index in [1.54, 1.807) is 6.07 Å². The molecule has 1 aromatic heterocycles. The van der Waals surface area contributed by atoms with Gasteiger partial charge in [-0.3, -0.25) is 10.1 Å². The molecular formula is C10H6Cl2N4O2. The number of hydrogen-bond donors (Lipinski definition) is 1. The standard InChI is InChI=1S/C10H6Cl2N4O2/c11-9-4-7(14-10(12)15-9)5-1-2-6(13)8(3-5)16(17)18/h1-4H,13H2. The summed E-state index contributed by atoms with van der Waals surface area (Å²) in [4.78, 5) is 17.9. The van der Waals surface area contributed by atoms with Gasteiger partial charge >= 0.3 is 0 Å². The molecule has 0 saturated heterocycles. The molecule has 0 bridgehead atoms. The van der Waals surface area contributed by atoms with Gasteiger partial charge in [0, 0.05) is 17.7 Å². The van der Waals surface area contributed by atoms with Crippen LogP contribution in [0, 0.1) is 10.1 Å². The summed E-state index contributed by atoms with van der Waals surface area (Å²) in [6.45, 7) is 0. The van der Waals surface area contributed by atoms with E-state index in [0.717, 1.165) is 0 Å². The van der Waals surface area contributed by atoms with Gasteiger partial charge in [-0.15, -0.1) is 0 Å². The molecule has 2 rings (SSSR count). The summed E-state index contributed by atoms with van der Waals surface area (Å²) in [5, 5.41) is 10.9. The van der Waals surface area contributed by atoms with Crippen LogP contribution >= 0.6 is 23.2 Å². The Hall–Kier alpha value is -1.92. The highest BCUT2D eigenvalue weighted by Gasteiger charge is 2.14. The van der Waals surface area contributed by atoms with E-state index in [0.29, 0.717) is 11.3 Å². The predicted octanol–water partition coefficient (Wildman–Crippen LogP) is 2.94. The first-order valence-electron chi connectivity index (χ1n) is 4.72. The van der Waals surface area contributed by atoms with E-state index in [9.17, 15) is 10.1 Å². The Morgan fingerprint density at radius 2 is 1.94 bits per heavy atom. The molecule has 2 N–H and O–H groups in total. The molecule has 0 spiro atoms. The van der Waals surface area contributed by atoms with Gasteiger partial charge in [0.05, 0.1) is 10.6 Å². The maximum atomic E-state index is 10.8. The number of anilines is 1. The second-order valence-corrected chi connectivity index (χ2v) is 4.10. The number of rotatable bonds is 2. The summed E-state index contributed by atoms with van der Waals surface area (Å²) in [5.41, 5.74) is 6.26. The molecule has 0 unspecified atom stereocenters. The second kappa shape index (κ2) is 4.75. The third-order valence-electron chi connectivity index (χ3n) is 2.19. The number of nitro groups is 1. The molecule has 6 nitrogen and oxygen atoms in total. The minimum atomic E-state index is -0.566. The molecular weight excluding hydrogens is 279 g/mol. The largest absolute Gasteiger partial charge is 0.393 e. The van der Waals surface area contributed by atoms with Gasteiger partial charge in [0.15, 0.2) is 0 Å². The third kappa shape index (κ3) is 2.49. The molecule has 0 saturated carbocycles. The fraction of sp³-hybridized carbons (Fsp3) is 0. The van der Waals surface area contributed by atoms with E-state index in [1.165, 1.54) is 18.2 Å². The molecule has 0 atom stereocenters. The van der Waals surface area contributed by atoms with Gasteiger partial charge in [-0.1, -0.05) is 17.7 Å². The second-order valence-electron chi connectivity index (χ2n) is 3.38. The fourth-order valence-electron chi connectivity index (χ4n) is 1.40. The van der Waals surface area contributed by atoms with Crippen molar-refractivity contribution in [3.63, 3.8) is 0 Å². The zero-order valence-corrected chi connectivity index (χ0v) is 10.3. The Bertz CT molecular complexity index is 613. The lowest BCUT2D eigenvalue weighted by atomic mass is 10.1. The van der Waals surface area contributed by atoms with Crippen molar-refractivity contribution in [3.05, 3.63) is 44.8 Å². The van der Waals surface area contributed by atoms with Crippen LogP contribution in [0.3, 0.4) is 0 Å². The quantitative estimate of drug-likeness (QED) is 0.301. The summed E-state index contributed by atoms with van der Waals surface area (Å²) >= 11 is 11.4. The smallest absolute Gasteiger partial charge is 0.292 e. The van der Waals surface area contributed by atoms with Crippen LogP contribution in [-0.2, 0) is 0 Å². The lowest BCUT2D eigenvalue weighted by Crippen LogP contribution is -1.96. The molecule has 0 aliphatic heterocycles. The molecule has 0 aliphatic rings. The number of nitrogen functional groups attached to an aromatic ring is 1. The van der Waals surface area contributed by atoms with Crippen molar-refractivity contribution < 1.29 is 4.92 Å². The van der Waals surface area contributed by atoms with Crippen LogP contribution in [0.4, 0.5) is 11.4 Å². The lowest BCUT2D eigenvalue weighted by Gasteiger charge is -2.03. The lowest BCUT2D eigenvalue weighted by molar-refractivity contribution is -0.383. The summed E-state index contributed by atoms with van der Waals surface area (Å²) in [5.74, 6) is 0. The first-order valence-corrected chi connectivity index (χ1v) is 5.47. The molecule has 2 aromatic rings. The number of hydrogen-bond acceptors (Lipinski definition) is 5. The van der Waals surface area contributed by atoms with E-state index in [-0.39, 0.29) is 21.8 Å². The highest BCUT2D eigenvalue weighted by molar-refractivity contribution is 6.32. The number of benzene rings is 1. The molecule has 1 aromatic carbocycles. The van der Waals surface area contributed by atoms with Gasteiger partial charge < -0.3 is 5.73 Å². The van der Waals surface area contributed by atoms with Crippen molar-refractivity contribution >= 4 is 34.6 Å². The Labute approximate surface area is 112 Å². The van der Waals surface area contributed by atoms with Crippen LogP contribution in [0.15, 0.2) is 24.3 Å². The minimum Gasteiger partial charge on any atom is -0.393 e. The van der Waals surface area contributed by atoms with Gasteiger partial charge in [-0.05, 0) is 17.7 Å². The van der Waals surface area contributed by atoms with Crippen molar-refractivity contribution in [1.29, 1.82) is 0 Å². The Kier molecular flexibility index (Phi) is 3.31. The summed E-state index contributed by atoms with van der Waals surface area (Å²) in [6.07, 6.45) is 0. The van der Waals surface area contributed by atoms with Crippen LogP contribution in [0.5, 0.6) is 0 Å². The predicted molar refractivity (Wildman–Crippen MR) is 68.6 cm³/mol. The topological polar surface area (TPSA) is 94.9 Å². The van der Waals surface area contributed by atoms with E-state index in [1.807, 2.05) is 0 Å². The van der Waals surface area contributed by atoms with Gasteiger partial charge in [0.1, 0.15) is 10.8 Å². The van der Waals surface area contributed by atoms with Crippen molar-refractivity contribution in [2.24, 2.45) is 0 Å². The van der Waals surface area contributed by atoms with Crippen LogP contribution in [0.1, 0.15) is 0 Å². The zero-order chi connectivity index (χ0) is 13.3. The maximum Gasteiger partial charge on any atom is 0.292 e. The number of nitrogens with two attached hydrogens (primary N) is 1. The monoisotopic (exact) mass is 284 g/mol. The van der Waals surface area contributed by atoms with Gasteiger partial charge in [0.25, 0.3) is 5.69 Å². The first-order chi connectivity index (χ1) is 8.47. The van der Waals surface area contributed by atoms with Crippen molar-refractivity contribution in [3.8, 4) is 11.3 Å². The molecule has 92 valence electrons. The van der Waals surface area contributed by atoms with Crippen LogP contribution in [0.25, 0.3) is 11.3 Å². The Morgan fingerprint density at radius 3 is 2.56 bits per heavy atom. The van der Waals surface area contributed by atoms with E-state index < -0.39 is 4.92 Å². The number of aromatic nitrogens is 2. The third-order valence-corrected chi connectivity index (χ3v) is 2.55. The van der Waals surface area contributed by atoms with Crippen molar-refractivity contribution in [2.75, 3.05) is 5.73 Å². The summed E-state index contributed by atoms with van der Waals surface area (Å²) in [6, 6.07) is 5.79. The van der Waals surface area contributed by atoms with Gasteiger partial charge in [-0.2, -0.15) is 0 Å². The maximum absolute atomic E-state index is 10.8. The number of nitrogens with zero attached hydrogens (tertiary/aromatic N) is 3. The summed E-state index contributed by atoms with van der Waals surface area (Å²) in [7, 11) is 0. The molecule has 8 heteroatoms. The average molecular weight is 285 g/mol. The Morgan fingerprint density at radius 1 is 1.22 bits per heavy atom. The van der Waals surface area contributed by atoms with E-state index >= 15 is 0 Å². The molecule has 0 aliphatic carbocycles. The minimum absolute atomic E-state index is 0.0306. The van der Waals surface area contributed by atoms with Crippen molar-refractivity contribution in [1.82, 2.24) is 9.97 Å². The average Bonchev–Trinajstić information content (AvgIpc) is 2.27. The first kappa shape index (κ1) is 12.5. The highest BCUT2D eigenvalue weighted by atomic mass is 35.5. The Balaban J connectivity index is 2.57. The SMILES string of the molecule is Nc1ccc(-c2cc(Cl)nc(Cl)n2)cc1[N+](=O)[O-]. The summed E-state index contributed by atoms with van der Waals surface area (Å²) < 4.78 is 0. The zero-order valence-electron chi connectivity index (χ0n) is 8.80. The van der Waals surface area contributed by atoms with E-state index in [4.69, 9.17) is 28.9 Å². The van der Waals surface area contributed by atoms with Gasteiger partial charge in [0.2, 0.25) is 5.28 Å². The fourth-order valence-corrected chi connectivity index (χ4v) is 1.81. The molecule has 0 radical (unpaired) electrons. The van der Waals surface area contributed by atoms with Gasteiger partial charge in [-0.25, -0.2) is 9.97 Å².